The summed E-state index contributed by atoms with van der Waals surface area (Å²) < 4.78 is 5.37. The van der Waals surface area contributed by atoms with Crippen molar-refractivity contribution < 1.29 is 9.53 Å². The molecule has 0 radical (unpaired) electrons. The molecule has 0 saturated heterocycles. The summed E-state index contributed by atoms with van der Waals surface area (Å²) in [6.45, 7) is 4.51. The maximum atomic E-state index is 11.8. The lowest BCUT2D eigenvalue weighted by atomic mass is 10.1. The van der Waals surface area contributed by atoms with E-state index < -0.39 is 0 Å². The lowest BCUT2D eigenvalue weighted by Crippen LogP contribution is -2.17. The number of hydrogen-bond donors (Lipinski definition) is 0. The van der Waals surface area contributed by atoms with Crippen LogP contribution in [0.3, 0.4) is 0 Å². The fraction of sp³-hybridized carbons (Fsp3) is 0.417. The van der Waals surface area contributed by atoms with Crippen LogP contribution in [-0.2, 0) is 4.74 Å². The van der Waals surface area contributed by atoms with Gasteiger partial charge in [-0.15, -0.1) is 0 Å². The highest BCUT2D eigenvalue weighted by Gasteiger charge is 2.27. The van der Waals surface area contributed by atoms with E-state index in [4.69, 9.17) is 4.74 Å². The van der Waals surface area contributed by atoms with Crippen molar-refractivity contribution in [2.75, 3.05) is 6.61 Å². The number of rotatable bonds is 3. The molecule has 0 saturated carbocycles. The summed E-state index contributed by atoms with van der Waals surface area (Å²) in [7, 11) is 0. The van der Waals surface area contributed by atoms with Crippen molar-refractivity contribution in [1.29, 1.82) is 0 Å². The summed E-state index contributed by atoms with van der Waals surface area (Å²) in [6.07, 6.45) is 3.44. The second-order valence-electron chi connectivity index (χ2n) is 4.44. The third kappa shape index (κ3) is 2.45. The normalized spacial score (nSPS) is 17.8. The van der Waals surface area contributed by atoms with Gasteiger partial charge in [0, 0.05) is 18.0 Å². The van der Waals surface area contributed by atoms with E-state index in [0.717, 1.165) is 0 Å². The molecule has 0 atom stereocenters. The second-order valence-corrected chi connectivity index (χ2v) is 4.44. The van der Waals surface area contributed by atoms with E-state index >= 15 is 0 Å². The van der Waals surface area contributed by atoms with Crippen LogP contribution in [0.4, 0.5) is 0 Å². The van der Waals surface area contributed by atoms with E-state index in [1.54, 1.807) is 24.5 Å². The van der Waals surface area contributed by atoms with Crippen LogP contribution in [0.1, 0.15) is 30.6 Å². The Bertz CT molecular complexity index is 424. The Labute approximate surface area is 94.4 Å². The predicted octanol–water partition coefficient (Wildman–Crippen LogP) is 1.86. The maximum Gasteiger partial charge on any atom is 0.191 e. The first kappa shape index (κ1) is 10.8. The Morgan fingerprint density at radius 3 is 2.69 bits per heavy atom. The third-order valence-electron chi connectivity index (χ3n) is 2.33. The van der Waals surface area contributed by atoms with Gasteiger partial charge in [-0.25, -0.2) is 4.99 Å². The number of nitrogens with zero attached hydrogens (tertiary/aromatic N) is 2. The quantitative estimate of drug-likeness (QED) is 0.727. The van der Waals surface area contributed by atoms with Crippen molar-refractivity contribution in [3.8, 4) is 0 Å². The molecule has 0 aliphatic carbocycles. The lowest BCUT2D eigenvalue weighted by molar-refractivity contribution is 0.0994. The SMILES string of the molecule is CC1(C)COC(CC(=O)c2ccncc2)=N1. The van der Waals surface area contributed by atoms with Crippen molar-refractivity contribution in [3.05, 3.63) is 30.1 Å². The fourth-order valence-corrected chi connectivity index (χ4v) is 1.53. The molecule has 0 spiro atoms. The van der Waals surface area contributed by atoms with E-state index in [1.807, 2.05) is 13.8 Å². The molecule has 1 aliphatic heterocycles. The Hall–Kier alpha value is -1.71. The van der Waals surface area contributed by atoms with E-state index in [9.17, 15) is 4.79 Å². The molecule has 1 aromatic rings. The average molecular weight is 218 g/mol. The van der Waals surface area contributed by atoms with Crippen LogP contribution in [0.15, 0.2) is 29.5 Å². The standard InChI is InChI=1S/C12H14N2O2/c1-12(2)8-16-11(14-12)7-10(15)9-3-5-13-6-4-9/h3-6H,7-8H2,1-2H3. The molecule has 1 aromatic heterocycles. The van der Waals surface area contributed by atoms with Gasteiger partial charge in [-0.1, -0.05) is 0 Å². The Morgan fingerprint density at radius 1 is 1.44 bits per heavy atom. The molecule has 0 aromatic carbocycles. The number of ketones is 1. The minimum atomic E-state index is -0.201. The number of aliphatic imine (C=N–C) groups is 1. The van der Waals surface area contributed by atoms with Gasteiger partial charge >= 0.3 is 0 Å². The monoisotopic (exact) mass is 218 g/mol. The first-order chi connectivity index (χ1) is 7.57. The highest BCUT2D eigenvalue weighted by molar-refractivity contribution is 6.07. The number of hydrogen-bond acceptors (Lipinski definition) is 4. The van der Waals surface area contributed by atoms with E-state index in [0.29, 0.717) is 18.1 Å². The van der Waals surface area contributed by atoms with Gasteiger partial charge < -0.3 is 4.74 Å². The van der Waals surface area contributed by atoms with Crippen LogP contribution >= 0.6 is 0 Å². The Balaban J connectivity index is 2.05. The summed E-state index contributed by atoms with van der Waals surface area (Å²) in [5.74, 6) is 0.547. The zero-order chi connectivity index (χ0) is 11.6. The molecule has 2 heterocycles. The largest absolute Gasteiger partial charge is 0.478 e. The number of carbonyl (C=O) groups is 1. The number of carbonyl (C=O) groups excluding carboxylic acids is 1. The smallest absolute Gasteiger partial charge is 0.191 e. The molecule has 4 nitrogen and oxygen atoms in total. The summed E-state index contributed by atoms with van der Waals surface area (Å²) in [5.41, 5.74) is 0.444. The Kier molecular flexibility index (Phi) is 2.73. The molecule has 1 aliphatic rings. The molecule has 4 heteroatoms. The van der Waals surface area contributed by atoms with Crippen LogP contribution in [0.25, 0.3) is 0 Å². The van der Waals surface area contributed by atoms with Crippen molar-refractivity contribution in [3.63, 3.8) is 0 Å². The van der Waals surface area contributed by atoms with Crippen LogP contribution in [-0.4, -0.2) is 28.8 Å². The molecule has 84 valence electrons. The van der Waals surface area contributed by atoms with E-state index in [-0.39, 0.29) is 17.7 Å². The first-order valence-corrected chi connectivity index (χ1v) is 5.22. The molecule has 0 N–H and O–H groups in total. The van der Waals surface area contributed by atoms with Gasteiger partial charge in [0.15, 0.2) is 11.7 Å². The van der Waals surface area contributed by atoms with Crippen molar-refractivity contribution in [1.82, 2.24) is 4.98 Å². The lowest BCUT2D eigenvalue weighted by Gasteiger charge is -2.07. The number of Topliss-reactive ketones (excluding diaryl/α,β-unsaturated/α-hetero) is 1. The van der Waals surface area contributed by atoms with Gasteiger partial charge in [-0.3, -0.25) is 9.78 Å². The van der Waals surface area contributed by atoms with Crippen LogP contribution in [0, 0.1) is 0 Å². The first-order valence-electron chi connectivity index (χ1n) is 5.22. The minimum absolute atomic E-state index is 0.0128. The zero-order valence-electron chi connectivity index (χ0n) is 9.43. The third-order valence-corrected chi connectivity index (χ3v) is 2.33. The van der Waals surface area contributed by atoms with Crippen molar-refractivity contribution >= 4 is 11.7 Å². The number of pyridine rings is 1. The van der Waals surface area contributed by atoms with Gasteiger partial charge in [0.2, 0.25) is 0 Å². The van der Waals surface area contributed by atoms with Gasteiger partial charge in [0.25, 0.3) is 0 Å². The van der Waals surface area contributed by atoms with Crippen molar-refractivity contribution in [2.45, 2.75) is 25.8 Å². The highest BCUT2D eigenvalue weighted by Crippen LogP contribution is 2.19. The molecule has 2 rings (SSSR count). The minimum Gasteiger partial charge on any atom is -0.478 e. The van der Waals surface area contributed by atoms with Crippen LogP contribution < -0.4 is 0 Å². The Morgan fingerprint density at radius 2 is 2.12 bits per heavy atom. The van der Waals surface area contributed by atoms with Gasteiger partial charge in [0.1, 0.15) is 6.61 Å². The summed E-state index contributed by atoms with van der Waals surface area (Å²) in [6, 6.07) is 3.39. The van der Waals surface area contributed by atoms with Crippen LogP contribution in [0.2, 0.25) is 0 Å². The number of aromatic nitrogens is 1. The molecular weight excluding hydrogens is 204 g/mol. The molecule has 0 unspecified atom stereocenters. The fourth-order valence-electron chi connectivity index (χ4n) is 1.53. The second kappa shape index (κ2) is 4.04. The molecule has 0 amide bonds. The highest BCUT2D eigenvalue weighted by atomic mass is 16.5. The van der Waals surface area contributed by atoms with Gasteiger partial charge in [-0.05, 0) is 26.0 Å². The molecule has 0 fully saturated rings. The number of ether oxygens (including phenoxy) is 1. The molecular formula is C12H14N2O2. The van der Waals surface area contributed by atoms with Crippen LogP contribution in [0.5, 0.6) is 0 Å². The zero-order valence-corrected chi connectivity index (χ0v) is 9.43. The average Bonchev–Trinajstić information content (AvgIpc) is 2.59. The molecule has 16 heavy (non-hydrogen) atoms. The summed E-state index contributed by atoms with van der Waals surface area (Å²) in [4.78, 5) is 20.0. The summed E-state index contributed by atoms with van der Waals surface area (Å²) >= 11 is 0. The van der Waals surface area contributed by atoms with Gasteiger partial charge in [0.05, 0.1) is 12.0 Å². The summed E-state index contributed by atoms with van der Waals surface area (Å²) in [5, 5.41) is 0. The predicted molar refractivity (Wildman–Crippen MR) is 60.7 cm³/mol. The van der Waals surface area contributed by atoms with Gasteiger partial charge in [-0.2, -0.15) is 0 Å². The van der Waals surface area contributed by atoms with Crippen molar-refractivity contribution in [2.24, 2.45) is 4.99 Å². The topological polar surface area (TPSA) is 51.5 Å². The van der Waals surface area contributed by atoms with E-state index in [2.05, 4.69) is 9.98 Å². The molecule has 0 bridgehead atoms. The maximum absolute atomic E-state index is 11.8. The van der Waals surface area contributed by atoms with E-state index in [1.165, 1.54) is 0 Å².